The third kappa shape index (κ3) is 2.42. The van der Waals surface area contributed by atoms with Gasteiger partial charge in [-0.3, -0.25) is 0 Å². The second kappa shape index (κ2) is 7.01. The molecule has 0 radical (unpaired) electrons. The van der Waals surface area contributed by atoms with Gasteiger partial charge in [0.25, 0.3) is 0 Å². The average Bonchev–Trinajstić information content (AvgIpc) is 3.64. The molecule has 7 nitrogen and oxygen atoms in total. The van der Waals surface area contributed by atoms with Crippen LogP contribution in [0, 0.1) is 0 Å². The zero-order valence-corrected chi connectivity index (χ0v) is 19.2. The number of hydrogen-bond donors (Lipinski definition) is 0. The lowest BCUT2D eigenvalue weighted by atomic mass is 9.94. The van der Waals surface area contributed by atoms with Crippen LogP contribution in [0.2, 0.25) is 0 Å². The van der Waals surface area contributed by atoms with Crippen LogP contribution in [-0.2, 0) is 0 Å². The third-order valence-corrected chi connectivity index (χ3v) is 8.02. The fraction of sp³-hybridized carbons (Fsp3) is 0.172. The Balaban J connectivity index is 1.32. The fourth-order valence-electron chi connectivity index (χ4n) is 6.63. The van der Waals surface area contributed by atoms with Crippen LogP contribution in [0.25, 0.3) is 28.2 Å². The Kier molecular flexibility index (Phi) is 3.84. The highest BCUT2D eigenvalue weighted by Gasteiger charge is 2.62. The van der Waals surface area contributed by atoms with Crippen LogP contribution in [-0.4, -0.2) is 23.9 Å². The first-order valence-corrected chi connectivity index (χ1v) is 12.3. The lowest BCUT2D eigenvalue weighted by molar-refractivity contribution is 0.333. The number of para-hydroxylation sites is 1. The van der Waals surface area contributed by atoms with Gasteiger partial charge in [-0.15, -0.1) is 0 Å². The highest BCUT2D eigenvalue weighted by atomic mass is 16.2. The summed E-state index contributed by atoms with van der Waals surface area (Å²) in [4.78, 5) is 37.5. The molecular formula is C29H21N5O2. The smallest absolute Gasteiger partial charge is 0.248 e. The molecule has 4 atom stereocenters. The lowest BCUT2D eigenvalue weighted by Crippen LogP contribution is -2.31. The van der Waals surface area contributed by atoms with E-state index in [1.807, 2.05) is 54.6 Å². The summed E-state index contributed by atoms with van der Waals surface area (Å²) in [5.41, 5.74) is 5.66. The molecule has 2 aromatic heterocycles. The largest absolute Gasteiger partial charge is 0.352 e. The molecule has 1 unspecified atom stereocenters. The van der Waals surface area contributed by atoms with Crippen LogP contribution in [0.4, 0.5) is 0 Å². The Bertz CT molecular complexity index is 1770. The minimum atomic E-state index is -0.284. The predicted molar refractivity (Wildman–Crippen MR) is 135 cm³/mol. The van der Waals surface area contributed by atoms with E-state index in [0.717, 1.165) is 40.3 Å². The molecule has 0 N–H and O–H groups in total. The van der Waals surface area contributed by atoms with E-state index in [9.17, 15) is 9.59 Å². The van der Waals surface area contributed by atoms with Crippen LogP contribution in [0.5, 0.6) is 0 Å². The highest BCUT2D eigenvalue weighted by molar-refractivity contribution is 5.78. The molecule has 5 aromatic rings. The van der Waals surface area contributed by atoms with Gasteiger partial charge in [0.05, 0.1) is 40.5 Å². The quantitative estimate of drug-likeness (QED) is 0.393. The first kappa shape index (κ1) is 19.8. The molecule has 36 heavy (non-hydrogen) atoms. The number of benzene rings is 3. The van der Waals surface area contributed by atoms with Crippen LogP contribution < -0.4 is 11.4 Å². The maximum Gasteiger partial charge on any atom is 0.352 e. The van der Waals surface area contributed by atoms with Gasteiger partial charge in [0.2, 0.25) is 0 Å². The van der Waals surface area contributed by atoms with Crippen LogP contribution in [0.15, 0.2) is 101 Å². The highest BCUT2D eigenvalue weighted by Crippen LogP contribution is 2.66. The molecular weight excluding hydrogens is 450 g/mol. The molecule has 174 valence electrons. The third-order valence-electron chi connectivity index (χ3n) is 8.02. The first-order chi connectivity index (χ1) is 17.7. The molecule has 4 bridgehead atoms. The first-order valence-electron chi connectivity index (χ1n) is 12.3. The molecule has 0 saturated heterocycles. The topological polar surface area (TPSA) is 74.7 Å². The number of fused-ring (bicyclic) bond motifs is 4. The summed E-state index contributed by atoms with van der Waals surface area (Å²) in [6.45, 7) is 0. The lowest BCUT2D eigenvalue weighted by Gasteiger charge is -2.25. The van der Waals surface area contributed by atoms with Gasteiger partial charge in [0.1, 0.15) is 0 Å². The molecule has 0 amide bonds. The van der Waals surface area contributed by atoms with Crippen molar-refractivity contribution in [1.82, 2.24) is 23.9 Å². The van der Waals surface area contributed by atoms with Crippen molar-refractivity contribution in [3.8, 4) is 28.2 Å². The van der Waals surface area contributed by atoms with Crippen molar-refractivity contribution < 1.29 is 0 Å². The summed E-state index contributed by atoms with van der Waals surface area (Å²) in [6.07, 6.45) is 0.800. The molecule has 1 aliphatic heterocycles. The van der Waals surface area contributed by atoms with E-state index in [-0.39, 0.29) is 35.3 Å². The van der Waals surface area contributed by atoms with Crippen LogP contribution in [0.3, 0.4) is 0 Å². The second-order valence-corrected chi connectivity index (χ2v) is 9.77. The van der Waals surface area contributed by atoms with Gasteiger partial charge in [-0.1, -0.05) is 78.9 Å². The maximum atomic E-state index is 13.6. The number of hydrogen-bond acceptors (Lipinski definition) is 4. The number of aromatic nitrogens is 5. The molecule has 8 rings (SSSR count). The standard InChI is InChI=1S/C29H21N5O2/c35-28-32(19-14-8-3-9-15-19)29(36)34-27-20-16-21(33(28)34)22(27)26-25(20)30-23(17-10-4-1-5-11-17)24(31-26)18-12-6-2-7-13-18/h1-15,20-22,27H,16H2/t20-,21+,22+,27?/m0/s1. The molecule has 2 aliphatic carbocycles. The van der Waals surface area contributed by atoms with E-state index in [1.54, 1.807) is 21.5 Å². The van der Waals surface area contributed by atoms with Crippen molar-refractivity contribution in [1.29, 1.82) is 0 Å². The zero-order chi connectivity index (χ0) is 24.0. The molecule has 7 heteroatoms. The zero-order valence-electron chi connectivity index (χ0n) is 19.2. The van der Waals surface area contributed by atoms with Crippen molar-refractivity contribution >= 4 is 0 Å². The summed E-state index contributed by atoms with van der Waals surface area (Å²) >= 11 is 0. The number of rotatable bonds is 3. The Hall–Kier alpha value is -4.52. The molecule has 3 aromatic carbocycles. The number of nitrogens with zero attached hydrogens (tertiary/aromatic N) is 5. The predicted octanol–water partition coefficient (Wildman–Crippen LogP) is 4.31. The normalized spacial score (nSPS) is 22.6. The molecule has 3 heterocycles. The van der Waals surface area contributed by atoms with Gasteiger partial charge in [-0.2, -0.15) is 0 Å². The summed E-state index contributed by atoms with van der Waals surface area (Å²) in [6, 6.07) is 29.2. The van der Waals surface area contributed by atoms with Gasteiger partial charge in [0.15, 0.2) is 0 Å². The van der Waals surface area contributed by atoms with Crippen LogP contribution >= 0.6 is 0 Å². The van der Waals surface area contributed by atoms with E-state index >= 15 is 0 Å². The minimum absolute atomic E-state index is 0.0180. The Morgan fingerprint density at radius 3 is 1.78 bits per heavy atom. The summed E-state index contributed by atoms with van der Waals surface area (Å²) in [5, 5.41) is 0. The molecule has 1 fully saturated rings. The maximum absolute atomic E-state index is 13.6. The van der Waals surface area contributed by atoms with Crippen molar-refractivity contribution in [2.24, 2.45) is 0 Å². The SMILES string of the molecule is O=c1n(-c2ccccc2)c(=O)n2n1C1[C@H]3c4nc(-c5ccccc5)c(-c5ccccc5)nc4[C@@H]1C[C@H]32. The molecule has 3 aliphatic rings. The van der Waals surface area contributed by atoms with Crippen LogP contribution in [0.1, 0.15) is 41.7 Å². The average molecular weight is 472 g/mol. The van der Waals surface area contributed by atoms with Gasteiger partial charge < -0.3 is 0 Å². The van der Waals surface area contributed by atoms with Gasteiger partial charge in [-0.05, 0) is 18.6 Å². The van der Waals surface area contributed by atoms with Gasteiger partial charge in [0, 0.05) is 23.0 Å². The Morgan fingerprint density at radius 1 is 0.639 bits per heavy atom. The summed E-state index contributed by atoms with van der Waals surface area (Å²) < 4.78 is 4.66. The molecule has 1 saturated carbocycles. The summed E-state index contributed by atoms with van der Waals surface area (Å²) in [7, 11) is 0. The second-order valence-electron chi connectivity index (χ2n) is 9.77. The summed E-state index contributed by atoms with van der Waals surface area (Å²) in [5.74, 6) is 0.0501. The van der Waals surface area contributed by atoms with E-state index in [0.29, 0.717) is 5.69 Å². The molecule has 0 spiro atoms. The van der Waals surface area contributed by atoms with E-state index in [1.165, 1.54) is 4.57 Å². The van der Waals surface area contributed by atoms with Crippen molar-refractivity contribution in [3.05, 3.63) is 123 Å². The Labute approximate surface area is 205 Å². The Morgan fingerprint density at radius 2 is 1.17 bits per heavy atom. The van der Waals surface area contributed by atoms with Gasteiger partial charge in [-0.25, -0.2) is 33.5 Å². The van der Waals surface area contributed by atoms with E-state index in [4.69, 9.17) is 9.97 Å². The fourth-order valence-corrected chi connectivity index (χ4v) is 6.63. The van der Waals surface area contributed by atoms with E-state index < -0.39 is 0 Å². The van der Waals surface area contributed by atoms with Crippen molar-refractivity contribution in [2.75, 3.05) is 0 Å². The monoisotopic (exact) mass is 471 g/mol. The van der Waals surface area contributed by atoms with E-state index in [2.05, 4.69) is 24.3 Å². The van der Waals surface area contributed by atoms with Crippen molar-refractivity contribution in [2.45, 2.75) is 30.3 Å². The van der Waals surface area contributed by atoms with Gasteiger partial charge >= 0.3 is 11.4 Å². The minimum Gasteiger partial charge on any atom is -0.248 e. The van der Waals surface area contributed by atoms with Crippen molar-refractivity contribution in [3.63, 3.8) is 0 Å².